The van der Waals surface area contributed by atoms with Crippen LogP contribution in [-0.2, 0) is 4.79 Å². The quantitative estimate of drug-likeness (QED) is 0.159. The average Bonchev–Trinajstić information content (AvgIpc) is 3.23. The minimum atomic E-state index is -0.473. The Morgan fingerprint density at radius 1 is 1.15 bits per heavy atom. The highest BCUT2D eigenvalue weighted by Gasteiger charge is 2.16. The fourth-order valence-corrected chi connectivity index (χ4v) is 4.08. The summed E-state index contributed by atoms with van der Waals surface area (Å²) >= 11 is 9.67. The number of nitrogens with zero attached hydrogens (tertiary/aromatic N) is 3. The van der Waals surface area contributed by atoms with Gasteiger partial charge in [-0.2, -0.15) is 9.78 Å². The SMILES string of the molecule is CC(=O)Oc1ccc(C=Nn2c(-c3cc4cc(Br)ccc4o3)nc3ccccc3c2=O)cc1Cl. The maximum atomic E-state index is 13.3. The zero-order valence-electron chi connectivity index (χ0n) is 17.7. The molecule has 3 aromatic carbocycles. The van der Waals surface area contributed by atoms with Crippen molar-refractivity contribution < 1.29 is 13.9 Å². The van der Waals surface area contributed by atoms with Crippen molar-refractivity contribution in [1.29, 1.82) is 0 Å². The normalized spacial score (nSPS) is 11.5. The highest BCUT2D eigenvalue weighted by Crippen LogP contribution is 2.29. The Balaban J connectivity index is 1.65. The molecule has 7 nitrogen and oxygen atoms in total. The van der Waals surface area contributed by atoms with Crippen molar-refractivity contribution >= 4 is 61.6 Å². The van der Waals surface area contributed by atoms with E-state index in [1.807, 2.05) is 30.3 Å². The largest absolute Gasteiger partial charge is 0.453 e. The Hall–Kier alpha value is -3.75. The van der Waals surface area contributed by atoms with E-state index in [9.17, 15) is 9.59 Å². The molecule has 5 rings (SSSR count). The molecular weight excluding hydrogens is 522 g/mol. The molecule has 5 aromatic rings. The van der Waals surface area contributed by atoms with Crippen LogP contribution < -0.4 is 10.3 Å². The number of fused-ring (bicyclic) bond motifs is 2. The number of furan rings is 1. The second-order valence-electron chi connectivity index (χ2n) is 7.39. The van der Waals surface area contributed by atoms with Gasteiger partial charge < -0.3 is 9.15 Å². The first-order valence-corrected chi connectivity index (χ1v) is 11.3. The van der Waals surface area contributed by atoms with E-state index in [-0.39, 0.29) is 22.2 Å². The molecule has 0 aliphatic heterocycles. The molecule has 0 radical (unpaired) electrons. The van der Waals surface area contributed by atoms with Gasteiger partial charge in [-0.15, -0.1) is 0 Å². The lowest BCUT2D eigenvalue weighted by atomic mass is 10.2. The summed E-state index contributed by atoms with van der Waals surface area (Å²) < 4.78 is 13.1. The molecule has 2 aromatic heterocycles. The van der Waals surface area contributed by atoms with Gasteiger partial charge in [-0.05, 0) is 60.2 Å². The zero-order valence-corrected chi connectivity index (χ0v) is 20.0. The number of carbonyl (C=O) groups excluding carboxylic acids is 1. The summed E-state index contributed by atoms with van der Waals surface area (Å²) in [6, 6.07) is 19.3. The second kappa shape index (κ2) is 8.89. The van der Waals surface area contributed by atoms with E-state index in [4.69, 9.17) is 20.8 Å². The highest BCUT2D eigenvalue weighted by molar-refractivity contribution is 9.10. The van der Waals surface area contributed by atoms with Gasteiger partial charge in [0.1, 0.15) is 11.3 Å². The Labute approximate surface area is 206 Å². The van der Waals surface area contributed by atoms with Gasteiger partial charge in [0.05, 0.1) is 22.1 Å². The van der Waals surface area contributed by atoms with Crippen molar-refractivity contribution in [3.05, 3.63) is 92.1 Å². The Morgan fingerprint density at radius 3 is 2.76 bits per heavy atom. The Bertz CT molecular complexity index is 1670. The fourth-order valence-electron chi connectivity index (χ4n) is 3.47. The van der Waals surface area contributed by atoms with Crippen LogP contribution in [0.4, 0.5) is 0 Å². The number of hydrogen-bond acceptors (Lipinski definition) is 6. The number of ether oxygens (including phenoxy) is 1. The molecule has 0 aliphatic rings. The molecule has 9 heteroatoms. The van der Waals surface area contributed by atoms with Crippen molar-refractivity contribution in [1.82, 2.24) is 9.66 Å². The summed E-state index contributed by atoms with van der Waals surface area (Å²) in [5.74, 6) is 0.427. The number of rotatable bonds is 4. The number of aromatic nitrogens is 2. The smallest absolute Gasteiger partial charge is 0.308 e. The zero-order chi connectivity index (χ0) is 23.8. The van der Waals surface area contributed by atoms with Crippen LogP contribution >= 0.6 is 27.5 Å². The summed E-state index contributed by atoms with van der Waals surface area (Å²) in [6.07, 6.45) is 1.48. The van der Waals surface area contributed by atoms with Crippen LogP contribution in [0.25, 0.3) is 33.5 Å². The molecule has 0 bridgehead atoms. The summed E-state index contributed by atoms with van der Waals surface area (Å²) in [4.78, 5) is 29.2. The Kier molecular flexibility index (Phi) is 5.77. The Morgan fingerprint density at radius 2 is 1.97 bits per heavy atom. The van der Waals surface area contributed by atoms with Gasteiger partial charge in [-0.1, -0.05) is 39.7 Å². The lowest BCUT2D eigenvalue weighted by Gasteiger charge is -2.07. The van der Waals surface area contributed by atoms with Gasteiger partial charge in [-0.25, -0.2) is 4.98 Å². The standard InChI is InChI=1S/C25H15BrClN3O4/c1-14(31)33-22-8-6-15(10-19(22)27)13-28-30-24(29-20-5-3-2-4-18(20)25(30)32)23-12-16-11-17(26)7-9-21(16)34-23/h2-13H,1H3. The van der Waals surface area contributed by atoms with E-state index in [0.717, 1.165) is 9.86 Å². The summed E-state index contributed by atoms with van der Waals surface area (Å²) in [7, 11) is 0. The maximum Gasteiger partial charge on any atom is 0.308 e. The van der Waals surface area contributed by atoms with Gasteiger partial charge in [-0.3, -0.25) is 9.59 Å². The van der Waals surface area contributed by atoms with Crippen molar-refractivity contribution in [2.24, 2.45) is 5.10 Å². The molecule has 34 heavy (non-hydrogen) atoms. The van der Waals surface area contributed by atoms with Gasteiger partial charge in [0.25, 0.3) is 5.56 Å². The van der Waals surface area contributed by atoms with E-state index < -0.39 is 5.97 Å². The number of carbonyl (C=O) groups is 1. The van der Waals surface area contributed by atoms with Crippen LogP contribution in [0.15, 0.2) is 85.5 Å². The van der Waals surface area contributed by atoms with Crippen LogP contribution in [0.3, 0.4) is 0 Å². The van der Waals surface area contributed by atoms with Gasteiger partial charge in [0, 0.05) is 16.8 Å². The first-order valence-electron chi connectivity index (χ1n) is 10.1. The topological polar surface area (TPSA) is 86.7 Å². The minimum Gasteiger partial charge on any atom is -0.453 e. The molecule has 0 fully saturated rings. The monoisotopic (exact) mass is 535 g/mol. The molecule has 0 atom stereocenters. The summed E-state index contributed by atoms with van der Waals surface area (Å²) in [6.45, 7) is 1.29. The van der Waals surface area contributed by atoms with Crippen LogP contribution in [0.1, 0.15) is 12.5 Å². The van der Waals surface area contributed by atoms with Crippen LogP contribution in [0.2, 0.25) is 5.02 Å². The molecule has 0 spiro atoms. The number of halogens is 2. The number of hydrogen-bond donors (Lipinski definition) is 0. The van der Waals surface area contributed by atoms with Crippen molar-refractivity contribution in [2.45, 2.75) is 6.92 Å². The molecule has 168 valence electrons. The number of esters is 1. The van der Waals surface area contributed by atoms with E-state index >= 15 is 0 Å². The average molecular weight is 537 g/mol. The van der Waals surface area contributed by atoms with Gasteiger partial charge in [0.15, 0.2) is 5.76 Å². The highest BCUT2D eigenvalue weighted by atomic mass is 79.9. The van der Waals surface area contributed by atoms with E-state index in [0.29, 0.717) is 27.8 Å². The third-order valence-corrected chi connectivity index (χ3v) is 5.77. The van der Waals surface area contributed by atoms with E-state index in [2.05, 4.69) is 26.0 Å². The molecule has 0 saturated heterocycles. The van der Waals surface area contributed by atoms with Crippen LogP contribution in [-0.4, -0.2) is 21.8 Å². The molecule has 0 amide bonds. The van der Waals surface area contributed by atoms with Gasteiger partial charge in [0.2, 0.25) is 5.82 Å². The predicted octanol–water partition coefficient (Wildman–Crippen LogP) is 6.03. The summed E-state index contributed by atoms with van der Waals surface area (Å²) in [5, 5.41) is 5.92. The fraction of sp³-hybridized carbons (Fsp3) is 0.0400. The minimum absolute atomic E-state index is 0.241. The van der Waals surface area contributed by atoms with Crippen molar-refractivity contribution in [3.63, 3.8) is 0 Å². The number of para-hydroxylation sites is 1. The lowest BCUT2D eigenvalue weighted by Crippen LogP contribution is -2.20. The van der Waals surface area contributed by atoms with Crippen LogP contribution in [0, 0.1) is 0 Å². The third-order valence-electron chi connectivity index (χ3n) is 4.98. The molecule has 0 N–H and O–H groups in total. The second-order valence-corrected chi connectivity index (χ2v) is 8.71. The molecule has 0 aliphatic carbocycles. The van der Waals surface area contributed by atoms with Crippen molar-refractivity contribution in [2.75, 3.05) is 0 Å². The third kappa shape index (κ3) is 4.25. The predicted molar refractivity (Wildman–Crippen MR) is 135 cm³/mol. The molecule has 2 heterocycles. The molecular formula is C25H15BrClN3O4. The first kappa shape index (κ1) is 22.1. The number of benzene rings is 3. The van der Waals surface area contributed by atoms with Gasteiger partial charge >= 0.3 is 5.97 Å². The van der Waals surface area contributed by atoms with Crippen molar-refractivity contribution in [3.8, 4) is 17.3 Å². The van der Waals surface area contributed by atoms with Crippen LogP contribution in [0.5, 0.6) is 5.75 Å². The lowest BCUT2D eigenvalue weighted by molar-refractivity contribution is -0.131. The maximum absolute atomic E-state index is 13.3. The van der Waals surface area contributed by atoms with E-state index in [1.165, 1.54) is 17.8 Å². The first-order chi connectivity index (χ1) is 16.4. The molecule has 0 unspecified atom stereocenters. The molecule has 0 saturated carbocycles. The van der Waals surface area contributed by atoms with E-state index in [1.54, 1.807) is 36.4 Å². The summed E-state index contributed by atoms with van der Waals surface area (Å²) in [5.41, 5.74) is 1.44.